The van der Waals surface area contributed by atoms with Crippen molar-refractivity contribution in [2.45, 2.75) is 114 Å². The van der Waals surface area contributed by atoms with Crippen molar-refractivity contribution in [3.8, 4) is 5.75 Å². The number of benzene rings is 2. The summed E-state index contributed by atoms with van der Waals surface area (Å²) in [7, 11) is 0. The second-order valence-corrected chi connectivity index (χ2v) is 11.9. The number of ether oxygens (including phenoxy) is 2. The number of hydrogen-bond donors (Lipinski definition) is 0. The van der Waals surface area contributed by atoms with Crippen LogP contribution in [0, 0.1) is 23.5 Å². The first-order valence-electron chi connectivity index (χ1n) is 15.0. The summed E-state index contributed by atoms with van der Waals surface area (Å²) in [6, 6.07) is 4.69. The van der Waals surface area contributed by atoms with Gasteiger partial charge in [0.2, 0.25) is 0 Å². The molecule has 2 nitrogen and oxygen atoms in total. The summed E-state index contributed by atoms with van der Waals surface area (Å²) in [5.74, 6) is -4.41. The third kappa shape index (κ3) is 8.60. The van der Waals surface area contributed by atoms with Crippen LogP contribution in [0.25, 0.3) is 0 Å². The molecule has 0 unspecified atom stereocenters. The van der Waals surface area contributed by atoms with Gasteiger partial charge in [-0.25, -0.2) is 8.78 Å². The molecular formula is C32H37F9O2. The molecule has 2 fully saturated rings. The zero-order valence-electron chi connectivity index (χ0n) is 24.0. The van der Waals surface area contributed by atoms with Crippen LogP contribution in [-0.2, 0) is 17.0 Å². The van der Waals surface area contributed by atoms with Crippen LogP contribution in [0.15, 0.2) is 36.4 Å². The molecule has 4 rings (SSSR count). The first-order valence-corrected chi connectivity index (χ1v) is 15.0. The molecule has 0 spiro atoms. The summed E-state index contributed by atoms with van der Waals surface area (Å²) in [6.45, 7) is 2.10. The fourth-order valence-corrected chi connectivity index (χ4v) is 6.31. The van der Waals surface area contributed by atoms with E-state index < -0.39 is 58.9 Å². The zero-order valence-corrected chi connectivity index (χ0v) is 24.0. The summed E-state index contributed by atoms with van der Waals surface area (Å²) in [6.07, 6.45) is -6.66. The van der Waals surface area contributed by atoms with Gasteiger partial charge < -0.3 is 9.47 Å². The second kappa shape index (κ2) is 13.7. The lowest BCUT2D eigenvalue weighted by atomic mass is 9.79. The van der Waals surface area contributed by atoms with E-state index in [-0.39, 0.29) is 44.4 Å². The molecular weight excluding hydrogens is 587 g/mol. The van der Waals surface area contributed by atoms with E-state index in [1.54, 1.807) is 0 Å². The molecule has 2 aliphatic rings. The highest BCUT2D eigenvalue weighted by Gasteiger charge is 2.45. The van der Waals surface area contributed by atoms with Gasteiger partial charge >= 0.3 is 18.4 Å². The second-order valence-electron chi connectivity index (χ2n) is 11.9. The molecule has 0 bridgehead atoms. The van der Waals surface area contributed by atoms with E-state index in [2.05, 4.69) is 6.92 Å². The fraction of sp³-hybridized carbons (Fsp3) is 0.625. The van der Waals surface area contributed by atoms with Crippen LogP contribution in [-0.4, -0.2) is 12.2 Å². The topological polar surface area (TPSA) is 18.5 Å². The van der Waals surface area contributed by atoms with E-state index in [1.807, 2.05) is 0 Å². The molecule has 2 aliphatic carbocycles. The zero-order chi connectivity index (χ0) is 31.4. The van der Waals surface area contributed by atoms with Gasteiger partial charge in [-0.1, -0.05) is 38.7 Å². The van der Waals surface area contributed by atoms with Crippen LogP contribution in [0.1, 0.15) is 107 Å². The summed E-state index contributed by atoms with van der Waals surface area (Å²) in [5.41, 5.74) is -2.17. The SMILES string of the molecule is CCCCCC1CCC(C(F)(F)Oc2ccc(C(F)(F)OC3CCC(c4ccc(C(F)(F)F)c(F)c4)CC3)c(F)c2)CC1. The lowest BCUT2D eigenvalue weighted by molar-refractivity contribution is -0.278. The molecule has 2 aromatic rings. The Morgan fingerprint density at radius 3 is 1.93 bits per heavy atom. The van der Waals surface area contributed by atoms with Gasteiger partial charge in [0, 0.05) is 6.07 Å². The molecule has 0 heterocycles. The number of unbranched alkanes of at least 4 members (excludes halogenated alkanes) is 2. The van der Waals surface area contributed by atoms with Crippen molar-refractivity contribution in [1.29, 1.82) is 0 Å². The van der Waals surface area contributed by atoms with Crippen LogP contribution < -0.4 is 4.74 Å². The third-order valence-electron chi connectivity index (χ3n) is 8.80. The number of halogens is 9. The first kappa shape index (κ1) is 33.5. The number of alkyl halides is 7. The van der Waals surface area contributed by atoms with Gasteiger partial charge in [0.05, 0.1) is 23.1 Å². The van der Waals surface area contributed by atoms with E-state index in [4.69, 9.17) is 9.47 Å². The highest BCUT2D eigenvalue weighted by Crippen LogP contribution is 2.44. The standard InChI is InChI=1S/C32H37F9O2/c1-2-3-4-5-20-6-11-23(12-7-20)31(38,39)43-25-15-17-27(29(34)19-25)32(40,41)42-24-13-8-21(9-14-24)22-10-16-26(28(33)18-22)30(35,36)37/h10,15-21,23-24H,2-9,11-14H2,1H3. The maximum Gasteiger partial charge on any atom is 0.419 e. The molecule has 0 aromatic heterocycles. The van der Waals surface area contributed by atoms with Gasteiger partial charge in [-0.2, -0.15) is 30.7 Å². The average molecular weight is 625 g/mol. The minimum absolute atomic E-state index is 0.0821. The molecule has 0 saturated heterocycles. The first-order chi connectivity index (χ1) is 20.2. The predicted octanol–water partition coefficient (Wildman–Crippen LogP) is 11.1. The minimum atomic E-state index is -4.83. The molecule has 0 atom stereocenters. The Labute approximate surface area is 245 Å². The quantitative estimate of drug-likeness (QED) is 0.183. The Morgan fingerprint density at radius 1 is 0.721 bits per heavy atom. The van der Waals surface area contributed by atoms with Crippen molar-refractivity contribution >= 4 is 0 Å². The van der Waals surface area contributed by atoms with Crippen molar-refractivity contribution in [1.82, 2.24) is 0 Å². The van der Waals surface area contributed by atoms with Crippen molar-refractivity contribution in [2.75, 3.05) is 0 Å². The lowest BCUT2D eigenvalue weighted by Gasteiger charge is -2.33. The van der Waals surface area contributed by atoms with Crippen LogP contribution in [0.2, 0.25) is 0 Å². The molecule has 2 saturated carbocycles. The normalized spacial score (nSPS) is 23.8. The summed E-state index contributed by atoms with van der Waals surface area (Å²) >= 11 is 0. The Kier molecular flexibility index (Phi) is 10.7. The van der Waals surface area contributed by atoms with E-state index in [9.17, 15) is 39.5 Å². The molecule has 0 radical (unpaired) electrons. The van der Waals surface area contributed by atoms with Crippen LogP contribution in [0.5, 0.6) is 5.75 Å². The van der Waals surface area contributed by atoms with Gasteiger partial charge in [0.1, 0.15) is 17.4 Å². The van der Waals surface area contributed by atoms with Gasteiger partial charge in [-0.15, -0.1) is 0 Å². The largest absolute Gasteiger partial charge is 0.432 e. The van der Waals surface area contributed by atoms with Gasteiger partial charge in [-0.05, 0) is 93.0 Å². The van der Waals surface area contributed by atoms with Gasteiger partial charge in [0.15, 0.2) is 0 Å². The summed E-state index contributed by atoms with van der Waals surface area (Å²) in [5, 5.41) is 0. The molecule has 43 heavy (non-hydrogen) atoms. The molecule has 2 aromatic carbocycles. The van der Waals surface area contributed by atoms with E-state index in [1.165, 1.54) is 6.07 Å². The van der Waals surface area contributed by atoms with Crippen LogP contribution >= 0.6 is 0 Å². The van der Waals surface area contributed by atoms with Crippen LogP contribution in [0.4, 0.5) is 39.5 Å². The molecule has 240 valence electrons. The van der Waals surface area contributed by atoms with Gasteiger partial charge in [-0.3, -0.25) is 0 Å². The van der Waals surface area contributed by atoms with Crippen molar-refractivity contribution in [3.05, 3.63) is 64.7 Å². The average Bonchev–Trinajstić information content (AvgIpc) is 2.92. The maximum absolute atomic E-state index is 14.9. The Balaban J connectivity index is 1.30. The Morgan fingerprint density at radius 2 is 1.35 bits per heavy atom. The summed E-state index contributed by atoms with van der Waals surface area (Å²) in [4.78, 5) is 0. The third-order valence-corrected chi connectivity index (χ3v) is 8.80. The van der Waals surface area contributed by atoms with E-state index >= 15 is 0 Å². The smallest absolute Gasteiger partial charge is 0.419 e. The Hall–Kier alpha value is -2.43. The van der Waals surface area contributed by atoms with Crippen molar-refractivity contribution in [2.24, 2.45) is 11.8 Å². The fourth-order valence-electron chi connectivity index (χ4n) is 6.31. The lowest BCUT2D eigenvalue weighted by Crippen LogP contribution is -2.37. The number of hydrogen-bond acceptors (Lipinski definition) is 2. The molecule has 0 N–H and O–H groups in total. The highest BCUT2D eigenvalue weighted by molar-refractivity contribution is 5.31. The molecule has 0 aliphatic heterocycles. The van der Waals surface area contributed by atoms with E-state index in [0.717, 1.165) is 37.8 Å². The van der Waals surface area contributed by atoms with Gasteiger partial charge in [0.25, 0.3) is 0 Å². The van der Waals surface area contributed by atoms with Crippen LogP contribution in [0.3, 0.4) is 0 Å². The Bertz CT molecular complexity index is 1200. The molecule has 11 heteroatoms. The maximum atomic E-state index is 14.9. The number of rotatable bonds is 11. The van der Waals surface area contributed by atoms with E-state index in [0.29, 0.717) is 42.5 Å². The minimum Gasteiger partial charge on any atom is -0.432 e. The predicted molar refractivity (Wildman–Crippen MR) is 143 cm³/mol. The monoisotopic (exact) mass is 624 g/mol. The van der Waals surface area contributed by atoms with Crippen molar-refractivity contribution < 1.29 is 49.0 Å². The molecule has 0 amide bonds. The summed E-state index contributed by atoms with van der Waals surface area (Å²) < 4.78 is 137. The highest BCUT2D eigenvalue weighted by atomic mass is 19.4. The van der Waals surface area contributed by atoms with Crippen molar-refractivity contribution in [3.63, 3.8) is 0 Å².